The summed E-state index contributed by atoms with van der Waals surface area (Å²) in [6, 6.07) is 21.3. The molecular weight excluding hydrogens is 900 g/mol. The summed E-state index contributed by atoms with van der Waals surface area (Å²) in [4.78, 5) is 23.7. The molecule has 0 spiro atoms. The highest BCUT2D eigenvalue weighted by Gasteiger charge is 2.48. The van der Waals surface area contributed by atoms with Crippen LogP contribution >= 0.6 is 0 Å². The van der Waals surface area contributed by atoms with Crippen molar-refractivity contribution < 1.29 is 52.9 Å². The summed E-state index contributed by atoms with van der Waals surface area (Å²) in [5, 5.41) is 21.4. The van der Waals surface area contributed by atoms with Gasteiger partial charge in [-0.05, 0) is 91.3 Å². The van der Waals surface area contributed by atoms with Gasteiger partial charge in [-0.15, -0.1) is 0 Å². The number of benzene rings is 4. The molecule has 0 atom stereocenters. The summed E-state index contributed by atoms with van der Waals surface area (Å²) < 4.78 is 126. The van der Waals surface area contributed by atoms with Crippen LogP contribution in [0.5, 0.6) is 5.75 Å². The Bertz CT molecular complexity index is 3250. The fourth-order valence-electron chi connectivity index (χ4n) is 6.93. The maximum Gasteiger partial charge on any atom is 0.534 e. The number of hydrogen-bond donors (Lipinski definition) is 4. The molecule has 340 valence electrons. The van der Waals surface area contributed by atoms with Crippen molar-refractivity contribution in [3.05, 3.63) is 137 Å². The predicted molar refractivity (Wildman–Crippen MR) is 230 cm³/mol. The van der Waals surface area contributed by atoms with Crippen LogP contribution in [0.1, 0.15) is 21.7 Å². The number of amides is 1. The average molecular weight is 934 g/mol. The van der Waals surface area contributed by atoms with Gasteiger partial charge < -0.3 is 24.5 Å². The van der Waals surface area contributed by atoms with Crippen molar-refractivity contribution in [2.45, 2.75) is 19.4 Å². The van der Waals surface area contributed by atoms with E-state index in [0.29, 0.717) is 71.9 Å². The van der Waals surface area contributed by atoms with E-state index in [1.165, 1.54) is 24.3 Å². The largest absolute Gasteiger partial charge is 0.534 e. The number of ether oxygens (including phenoxy) is 1. The van der Waals surface area contributed by atoms with Crippen molar-refractivity contribution in [2.24, 2.45) is 0 Å². The number of carbonyl (C=O) groups is 1. The molecule has 0 bridgehead atoms. The first-order valence-corrected chi connectivity index (χ1v) is 21.1. The lowest BCUT2D eigenvalue weighted by Crippen LogP contribution is -2.40. The molecule has 1 amide bonds. The first-order valence-electron chi connectivity index (χ1n) is 19.7. The standard InChI is InChI=1S/C24H21F2N5O2.C20H13F5N4O3S/c1-14-10-22(30-29-14)27-21-12-16-11-15(24(32)31-6-8-33-9-7-31)2-4-18(16)23(28-21)19-5-3-17(25)13-20(19)26;1-10-6-18(29-28-10)26-17-8-11-7-13(32-33(30,31)20(23,24)25)3-5-14(11)19(27-17)15-4-2-12(21)9-16(15)22/h2-5,10-13H,6-9H2,1H3,(H2,27,28,29,30);2-9H,1H3,(H2,26,27,28,29). The van der Waals surface area contributed by atoms with Crippen LogP contribution in [-0.2, 0) is 14.9 Å². The minimum absolute atomic E-state index is 0.0324. The molecule has 4 N–H and O–H groups in total. The van der Waals surface area contributed by atoms with Gasteiger partial charge in [-0.3, -0.25) is 15.0 Å². The summed E-state index contributed by atoms with van der Waals surface area (Å²) in [5.41, 5.74) is -3.07. The second kappa shape index (κ2) is 18.1. The van der Waals surface area contributed by atoms with E-state index >= 15 is 0 Å². The van der Waals surface area contributed by atoms with Crippen molar-refractivity contribution in [3.63, 3.8) is 0 Å². The van der Waals surface area contributed by atoms with Crippen LogP contribution in [0.15, 0.2) is 97.1 Å². The lowest BCUT2D eigenvalue weighted by atomic mass is 10.0. The van der Waals surface area contributed by atoms with Crippen LogP contribution in [-0.4, -0.2) is 81.4 Å². The van der Waals surface area contributed by atoms with Crippen molar-refractivity contribution in [2.75, 3.05) is 36.9 Å². The number of rotatable bonds is 9. The molecule has 1 aliphatic rings. The molecule has 14 nitrogen and oxygen atoms in total. The zero-order valence-corrected chi connectivity index (χ0v) is 35.2. The molecular formula is C44H34F7N9O5S. The molecule has 0 radical (unpaired) electrons. The topological polar surface area (TPSA) is 180 Å². The average Bonchev–Trinajstić information content (AvgIpc) is 3.88. The first-order chi connectivity index (χ1) is 31.4. The lowest BCUT2D eigenvalue weighted by molar-refractivity contribution is -0.0500. The Morgan fingerprint density at radius 1 is 0.667 bits per heavy atom. The summed E-state index contributed by atoms with van der Waals surface area (Å²) in [5.74, 6) is -2.40. The Labute approximate surface area is 369 Å². The summed E-state index contributed by atoms with van der Waals surface area (Å²) in [6.07, 6.45) is 0. The van der Waals surface area contributed by atoms with E-state index in [0.717, 1.165) is 41.7 Å². The number of carbonyl (C=O) groups excluding carboxylic acids is 1. The molecule has 1 fully saturated rings. The smallest absolute Gasteiger partial charge is 0.378 e. The number of nitrogens with one attached hydrogen (secondary N) is 4. The van der Waals surface area contributed by atoms with Gasteiger partial charge in [0, 0.05) is 76.2 Å². The van der Waals surface area contributed by atoms with Crippen molar-refractivity contribution in [1.29, 1.82) is 0 Å². The van der Waals surface area contributed by atoms with E-state index in [-0.39, 0.29) is 39.3 Å². The van der Waals surface area contributed by atoms with Gasteiger partial charge in [0.1, 0.15) is 40.7 Å². The van der Waals surface area contributed by atoms with E-state index < -0.39 is 44.6 Å². The Balaban J connectivity index is 0.000000179. The van der Waals surface area contributed by atoms with E-state index in [1.54, 1.807) is 42.2 Å². The maximum atomic E-state index is 14.7. The number of aromatic nitrogens is 6. The summed E-state index contributed by atoms with van der Waals surface area (Å²) >= 11 is 0. The van der Waals surface area contributed by atoms with Crippen LogP contribution < -0.4 is 14.8 Å². The SMILES string of the molecule is Cc1cc(Nc2cc3cc(C(=O)N4CCOCC4)ccc3c(-c3ccc(F)cc3F)n2)n[nH]1.Cc1cc(Nc2cc3cc(OS(=O)(=O)C(F)(F)F)ccc3c(-c3ccc(F)cc3F)n2)n[nH]1. The molecule has 4 aromatic carbocycles. The number of pyridine rings is 2. The number of alkyl halides is 3. The van der Waals surface area contributed by atoms with Crippen molar-refractivity contribution >= 4 is 60.8 Å². The number of nitrogens with zero attached hydrogens (tertiary/aromatic N) is 5. The minimum Gasteiger partial charge on any atom is -0.378 e. The van der Waals surface area contributed by atoms with Crippen LogP contribution in [0, 0.1) is 37.1 Å². The summed E-state index contributed by atoms with van der Waals surface area (Å²) in [6.45, 7) is 5.70. The Hall–Kier alpha value is -7.59. The van der Waals surface area contributed by atoms with Gasteiger partial charge in [-0.1, -0.05) is 6.07 Å². The third-order valence-electron chi connectivity index (χ3n) is 9.97. The first kappa shape index (κ1) is 45.0. The highest BCUT2D eigenvalue weighted by atomic mass is 32.2. The predicted octanol–water partition coefficient (Wildman–Crippen LogP) is 9.61. The number of aromatic amines is 2. The fraction of sp³-hybridized carbons (Fsp3) is 0.159. The number of fused-ring (bicyclic) bond motifs is 2. The number of hydrogen-bond acceptors (Lipinski definition) is 11. The van der Waals surface area contributed by atoms with E-state index in [4.69, 9.17) is 4.74 Å². The second-order valence-corrected chi connectivity index (χ2v) is 16.3. The number of aryl methyl sites for hydroxylation is 2. The second-order valence-electron chi connectivity index (χ2n) is 14.8. The zero-order valence-electron chi connectivity index (χ0n) is 34.4. The molecule has 1 aliphatic heterocycles. The van der Waals surface area contributed by atoms with Crippen LogP contribution in [0.3, 0.4) is 0 Å². The molecule has 0 saturated carbocycles. The summed E-state index contributed by atoms with van der Waals surface area (Å²) in [7, 11) is -5.90. The Morgan fingerprint density at radius 3 is 1.64 bits per heavy atom. The number of anilines is 4. The Morgan fingerprint density at radius 2 is 1.17 bits per heavy atom. The molecule has 66 heavy (non-hydrogen) atoms. The quantitative estimate of drug-likeness (QED) is 0.0615. The minimum atomic E-state index is -5.90. The van der Waals surface area contributed by atoms with Gasteiger partial charge in [0.15, 0.2) is 11.6 Å². The number of halogens is 7. The molecule has 0 aliphatic carbocycles. The maximum absolute atomic E-state index is 14.7. The third-order valence-corrected chi connectivity index (χ3v) is 10.9. The van der Waals surface area contributed by atoms with Crippen molar-refractivity contribution in [1.82, 2.24) is 35.3 Å². The molecule has 4 aromatic heterocycles. The molecule has 0 unspecified atom stereocenters. The van der Waals surface area contributed by atoms with Crippen LogP contribution in [0.2, 0.25) is 0 Å². The van der Waals surface area contributed by atoms with Gasteiger partial charge in [0.2, 0.25) is 0 Å². The van der Waals surface area contributed by atoms with E-state index in [1.807, 2.05) is 13.0 Å². The van der Waals surface area contributed by atoms with E-state index in [2.05, 4.69) is 45.2 Å². The normalized spacial score (nSPS) is 13.1. The highest BCUT2D eigenvalue weighted by Crippen LogP contribution is 2.36. The third kappa shape index (κ3) is 9.88. The van der Waals surface area contributed by atoms with E-state index in [9.17, 15) is 43.9 Å². The zero-order chi connectivity index (χ0) is 46.9. The fourth-order valence-corrected chi connectivity index (χ4v) is 7.38. The van der Waals surface area contributed by atoms with Gasteiger partial charge in [0.05, 0.1) is 24.6 Å². The van der Waals surface area contributed by atoms with Gasteiger partial charge in [-0.2, -0.15) is 31.8 Å². The molecule has 9 rings (SSSR count). The van der Waals surface area contributed by atoms with Gasteiger partial charge >= 0.3 is 15.6 Å². The number of morpholine rings is 1. The monoisotopic (exact) mass is 933 g/mol. The highest BCUT2D eigenvalue weighted by molar-refractivity contribution is 7.88. The molecule has 8 aromatic rings. The molecule has 5 heterocycles. The van der Waals surface area contributed by atoms with Crippen molar-refractivity contribution in [3.8, 4) is 28.3 Å². The molecule has 1 saturated heterocycles. The van der Waals surface area contributed by atoms with Gasteiger partial charge in [0.25, 0.3) is 5.91 Å². The Kier molecular flexibility index (Phi) is 12.4. The van der Waals surface area contributed by atoms with Crippen LogP contribution in [0.4, 0.5) is 54.0 Å². The molecule has 22 heteroatoms. The number of H-pyrrole nitrogens is 2. The van der Waals surface area contributed by atoms with Gasteiger partial charge in [-0.25, -0.2) is 27.5 Å². The van der Waals surface area contributed by atoms with Crippen LogP contribution in [0.25, 0.3) is 44.1 Å². The lowest BCUT2D eigenvalue weighted by Gasteiger charge is -2.27.